The van der Waals surface area contributed by atoms with Crippen molar-refractivity contribution in [3.05, 3.63) is 130 Å². The zero-order chi connectivity index (χ0) is 27.5. The van der Waals surface area contributed by atoms with Crippen LogP contribution in [0.4, 0.5) is 0 Å². The van der Waals surface area contributed by atoms with Gasteiger partial charge in [-0.2, -0.15) is 5.26 Å². The van der Waals surface area contributed by atoms with Gasteiger partial charge in [-0.25, -0.2) is 4.79 Å². The standard InChI is InChI=1S/C32H24ClN3O3/c1-20(23-9-11-25(12-10-23)32(38)39)35-31(37)29-17-27(24-7-5-21(18-34)6-8-24)16-26-13-14-36(30(26)29)19-22-3-2-4-28(33)15-22/h2-17,20H,19H2,1H3,(H,35,37)(H,38,39)/t20-/m0/s1. The monoisotopic (exact) mass is 533 g/mol. The van der Waals surface area contributed by atoms with E-state index in [0.29, 0.717) is 22.7 Å². The molecule has 0 aliphatic rings. The SMILES string of the molecule is C[C@H](NC(=O)c1cc(-c2ccc(C#N)cc2)cc2ccn(Cc3cccc(Cl)c3)c12)c1ccc(C(=O)O)cc1. The lowest BCUT2D eigenvalue weighted by molar-refractivity contribution is 0.0696. The van der Waals surface area contributed by atoms with Crippen LogP contribution in [0.3, 0.4) is 0 Å². The number of fused-ring (bicyclic) bond motifs is 1. The summed E-state index contributed by atoms with van der Waals surface area (Å²) in [5, 5.41) is 23.0. The second-order valence-corrected chi connectivity index (χ2v) is 9.78. The van der Waals surface area contributed by atoms with E-state index in [9.17, 15) is 20.0 Å². The fourth-order valence-corrected chi connectivity index (χ4v) is 4.88. The molecule has 4 aromatic carbocycles. The third-order valence-corrected chi connectivity index (χ3v) is 6.93. The summed E-state index contributed by atoms with van der Waals surface area (Å²) in [6.07, 6.45) is 1.96. The molecule has 39 heavy (non-hydrogen) atoms. The summed E-state index contributed by atoms with van der Waals surface area (Å²) >= 11 is 6.21. The number of carboxylic acids is 1. The fourth-order valence-electron chi connectivity index (χ4n) is 4.66. The Bertz CT molecular complexity index is 1730. The molecule has 0 radical (unpaired) electrons. The molecule has 1 aromatic heterocycles. The molecule has 6 nitrogen and oxygen atoms in total. The van der Waals surface area contributed by atoms with Gasteiger partial charge in [0.2, 0.25) is 0 Å². The molecular formula is C32H24ClN3O3. The topological polar surface area (TPSA) is 95.1 Å². The molecule has 0 saturated carbocycles. The van der Waals surface area contributed by atoms with Crippen molar-refractivity contribution in [2.24, 2.45) is 0 Å². The second-order valence-electron chi connectivity index (χ2n) is 9.35. The largest absolute Gasteiger partial charge is 0.478 e. The molecule has 5 aromatic rings. The van der Waals surface area contributed by atoms with E-state index in [2.05, 4.69) is 11.4 Å². The van der Waals surface area contributed by atoms with Crippen LogP contribution in [-0.4, -0.2) is 21.6 Å². The minimum Gasteiger partial charge on any atom is -0.478 e. The Morgan fingerprint density at radius 1 is 0.974 bits per heavy atom. The minimum absolute atomic E-state index is 0.188. The van der Waals surface area contributed by atoms with Crippen LogP contribution in [-0.2, 0) is 6.54 Å². The van der Waals surface area contributed by atoms with Crippen molar-refractivity contribution >= 4 is 34.4 Å². The highest BCUT2D eigenvalue weighted by atomic mass is 35.5. The number of nitrogens with zero attached hydrogens (tertiary/aromatic N) is 2. The van der Waals surface area contributed by atoms with Crippen molar-refractivity contribution < 1.29 is 14.7 Å². The van der Waals surface area contributed by atoms with E-state index in [1.54, 1.807) is 24.3 Å². The molecule has 0 unspecified atom stereocenters. The normalized spacial score (nSPS) is 11.6. The first kappa shape index (κ1) is 25.8. The lowest BCUT2D eigenvalue weighted by Gasteiger charge is -2.17. The fraction of sp³-hybridized carbons (Fsp3) is 0.0938. The van der Waals surface area contributed by atoms with Gasteiger partial charge in [-0.05, 0) is 83.8 Å². The van der Waals surface area contributed by atoms with Gasteiger partial charge in [-0.1, -0.05) is 48.0 Å². The summed E-state index contributed by atoms with van der Waals surface area (Å²) in [7, 11) is 0. The van der Waals surface area contributed by atoms with Crippen molar-refractivity contribution in [1.29, 1.82) is 5.26 Å². The molecule has 0 aliphatic carbocycles. The first-order valence-corrected chi connectivity index (χ1v) is 12.7. The zero-order valence-electron chi connectivity index (χ0n) is 21.1. The van der Waals surface area contributed by atoms with Gasteiger partial charge in [0, 0.05) is 23.2 Å². The van der Waals surface area contributed by atoms with Crippen LogP contribution in [0.5, 0.6) is 0 Å². The Morgan fingerprint density at radius 2 is 1.72 bits per heavy atom. The van der Waals surface area contributed by atoms with E-state index in [-0.39, 0.29) is 17.5 Å². The number of benzene rings is 4. The molecule has 0 bridgehead atoms. The summed E-state index contributed by atoms with van der Waals surface area (Å²) in [5.41, 5.74) is 5.60. The van der Waals surface area contributed by atoms with Crippen molar-refractivity contribution in [1.82, 2.24) is 9.88 Å². The number of carbonyl (C=O) groups is 2. The van der Waals surface area contributed by atoms with Crippen LogP contribution < -0.4 is 5.32 Å². The number of rotatable bonds is 7. The van der Waals surface area contributed by atoms with Crippen LogP contribution in [0.25, 0.3) is 22.0 Å². The van der Waals surface area contributed by atoms with Crippen molar-refractivity contribution in [2.45, 2.75) is 19.5 Å². The maximum atomic E-state index is 13.8. The molecule has 7 heteroatoms. The highest BCUT2D eigenvalue weighted by Crippen LogP contribution is 2.30. The Morgan fingerprint density at radius 3 is 2.38 bits per heavy atom. The molecule has 1 amide bonds. The molecule has 0 spiro atoms. The molecular weight excluding hydrogens is 510 g/mol. The number of amides is 1. The van der Waals surface area contributed by atoms with E-state index < -0.39 is 5.97 Å². The van der Waals surface area contributed by atoms with Crippen molar-refractivity contribution in [3.63, 3.8) is 0 Å². The molecule has 0 saturated heterocycles. The number of aromatic carboxylic acids is 1. The summed E-state index contributed by atoms with van der Waals surface area (Å²) < 4.78 is 2.03. The lowest BCUT2D eigenvalue weighted by atomic mass is 9.98. The van der Waals surface area contributed by atoms with Crippen molar-refractivity contribution in [2.75, 3.05) is 0 Å². The van der Waals surface area contributed by atoms with Crippen LogP contribution in [0.15, 0.2) is 97.2 Å². The summed E-state index contributed by atoms with van der Waals surface area (Å²) in [4.78, 5) is 25.0. The van der Waals surface area contributed by atoms with Crippen molar-refractivity contribution in [3.8, 4) is 17.2 Å². The van der Waals surface area contributed by atoms with Gasteiger partial charge in [-0.15, -0.1) is 0 Å². The first-order chi connectivity index (χ1) is 18.8. The average molecular weight is 534 g/mol. The van der Waals surface area contributed by atoms with E-state index in [0.717, 1.165) is 33.2 Å². The number of halogens is 1. The number of carboxylic acid groups (broad SMARTS) is 1. The number of aromatic nitrogens is 1. The molecule has 1 heterocycles. The minimum atomic E-state index is -0.999. The third kappa shape index (κ3) is 5.54. The smallest absolute Gasteiger partial charge is 0.335 e. The van der Waals surface area contributed by atoms with Gasteiger partial charge in [0.15, 0.2) is 0 Å². The summed E-state index contributed by atoms with van der Waals surface area (Å²) in [6.45, 7) is 2.40. The predicted octanol–water partition coefficient (Wildman–Crippen LogP) is 7.07. The van der Waals surface area contributed by atoms with Gasteiger partial charge in [0.25, 0.3) is 5.91 Å². The van der Waals surface area contributed by atoms with E-state index in [4.69, 9.17) is 11.6 Å². The van der Waals surface area contributed by atoms with E-state index >= 15 is 0 Å². The van der Waals surface area contributed by atoms with Gasteiger partial charge in [-0.3, -0.25) is 4.79 Å². The summed E-state index contributed by atoms with van der Waals surface area (Å²) in [5.74, 6) is -1.25. The maximum absolute atomic E-state index is 13.8. The Balaban J connectivity index is 1.55. The van der Waals surface area contributed by atoms with E-state index in [1.165, 1.54) is 12.1 Å². The van der Waals surface area contributed by atoms with E-state index in [1.807, 2.05) is 72.3 Å². The predicted molar refractivity (Wildman–Crippen MR) is 152 cm³/mol. The molecule has 192 valence electrons. The highest BCUT2D eigenvalue weighted by molar-refractivity contribution is 6.30. The highest BCUT2D eigenvalue weighted by Gasteiger charge is 2.19. The number of carbonyl (C=O) groups excluding carboxylic acids is 1. The number of nitriles is 1. The number of nitrogens with one attached hydrogen (secondary N) is 1. The third-order valence-electron chi connectivity index (χ3n) is 6.70. The summed E-state index contributed by atoms with van der Waals surface area (Å²) in [6, 6.07) is 29.0. The lowest BCUT2D eigenvalue weighted by Crippen LogP contribution is -2.27. The zero-order valence-corrected chi connectivity index (χ0v) is 21.8. The molecule has 0 aliphatic heterocycles. The quantitative estimate of drug-likeness (QED) is 0.234. The molecule has 2 N–H and O–H groups in total. The average Bonchev–Trinajstić information content (AvgIpc) is 3.35. The second kappa shape index (κ2) is 10.9. The van der Waals surface area contributed by atoms with Gasteiger partial charge >= 0.3 is 5.97 Å². The Labute approximate surface area is 230 Å². The number of hydrogen-bond acceptors (Lipinski definition) is 3. The maximum Gasteiger partial charge on any atom is 0.335 e. The van der Waals surface area contributed by atoms with Gasteiger partial charge in [0.1, 0.15) is 0 Å². The van der Waals surface area contributed by atoms with Crippen LogP contribution >= 0.6 is 11.6 Å². The molecule has 1 atom stereocenters. The first-order valence-electron chi connectivity index (χ1n) is 12.3. The van der Waals surface area contributed by atoms with Gasteiger partial charge in [0.05, 0.1) is 34.3 Å². The molecule has 5 rings (SSSR count). The number of hydrogen-bond donors (Lipinski definition) is 2. The Kier molecular flexibility index (Phi) is 7.18. The van der Waals surface area contributed by atoms with Gasteiger partial charge < -0.3 is 15.0 Å². The van der Waals surface area contributed by atoms with Crippen LogP contribution in [0.1, 0.15) is 50.4 Å². The Hall–Kier alpha value is -4.86. The molecule has 0 fully saturated rings. The van der Waals surface area contributed by atoms with Crippen LogP contribution in [0, 0.1) is 11.3 Å². The van der Waals surface area contributed by atoms with Crippen LogP contribution in [0.2, 0.25) is 5.02 Å².